The van der Waals surface area contributed by atoms with Crippen LogP contribution in [0, 0.1) is 6.92 Å². The first-order valence-electron chi connectivity index (χ1n) is 5.64. The summed E-state index contributed by atoms with van der Waals surface area (Å²) in [5, 5.41) is 3.39. The Morgan fingerprint density at radius 2 is 2.27 bits per heavy atom. The number of rotatable bonds is 2. The Morgan fingerprint density at radius 1 is 1.40 bits per heavy atom. The average molecular weight is 205 g/mol. The number of nitrogens with one attached hydrogen (secondary N) is 1. The van der Waals surface area contributed by atoms with Gasteiger partial charge in [0, 0.05) is 6.54 Å². The number of hydrogen-bond donors (Lipinski definition) is 1. The highest BCUT2D eigenvalue weighted by Gasteiger charge is 2.28. The van der Waals surface area contributed by atoms with Crippen LogP contribution in [0.4, 0.5) is 0 Å². The van der Waals surface area contributed by atoms with E-state index < -0.39 is 0 Å². The van der Waals surface area contributed by atoms with Crippen LogP contribution in [0.2, 0.25) is 0 Å². The topological polar surface area (TPSA) is 21.3 Å². The highest BCUT2D eigenvalue weighted by molar-refractivity contribution is 5.28. The molecule has 0 aromatic heterocycles. The zero-order valence-corrected chi connectivity index (χ0v) is 9.55. The molecule has 1 atom stereocenters. The lowest BCUT2D eigenvalue weighted by molar-refractivity contribution is 0.0614. The molecule has 0 saturated carbocycles. The zero-order chi connectivity index (χ0) is 10.7. The predicted molar refractivity (Wildman–Crippen MR) is 62.3 cm³/mol. The van der Waals surface area contributed by atoms with Crippen LogP contribution in [0.1, 0.15) is 25.3 Å². The molecule has 1 aliphatic rings. The standard InChI is InChI=1S/C13H19NO/c1-11-5-3-6-12(9-11)15-13(2)7-4-8-14-10-13/h3,5-6,9,14H,4,7-8,10H2,1-2H3. The monoisotopic (exact) mass is 205 g/mol. The molecule has 1 fully saturated rings. The van der Waals surface area contributed by atoms with Gasteiger partial charge in [0.2, 0.25) is 0 Å². The van der Waals surface area contributed by atoms with Crippen molar-refractivity contribution in [2.45, 2.75) is 32.3 Å². The van der Waals surface area contributed by atoms with Crippen molar-refractivity contribution in [3.05, 3.63) is 29.8 Å². The summed E-state index contributed by atoms with van der Waals surface area (Å²) in [4.78, 5) is 0. The number of piperidine rings is 1. The van der Waals surface area contributed by atoms with Crippen molar-refractivity contribution in [3.8, 4) is 5.75 Å². The summed E-state index contributed by atoms with van der Waals surface area (Å²) in [5.74, 6) is 0.987. The molecular formula is C13H19NO. The lowest BCUT2D eigenvalue weighted by atomic mass is 9.96. The van der Waals surface area contributed by atoms with E-state index in [1.54, 1.807) is 0 Å². The SMILES string of the molecule is Cc1cccc(OC2(C)CCCNC2)c1. The van der Waals surface area contributed by atoms with E-state index in [0.29, 0.717) is 0 Å². The van der Waals surface area contributed by atoms with Crippen LogP contribution in [-0.2, 0) is 0 Å². The molecule has 1 N–H and O–H groups in total. The van der Waals surface area contributed by atoms with Crippen molar-refractivity contribution in [1.82, 2.24) is 5.32 Å². The molecule has 1 saturated heterocycles. The first-order valence-corrected chi connectivity index (χ1v) is 5.64. The third kappa shape index (κ3) is 2.72. The number of aryl methyl sites for hydroxylation is 1. The molecule has 0 aliphatic carbocycles. The molecule has 0 amide bonds. The summed E-state index contributed by atoms with van der Waals surface area (Å²) in [6.07, 6.45) is 2.33. The molecule has 0 bridgehead atoms. The Balaban J connectivity index is 2.06. The maximum Gasteiger partial charge on any atom is 0.120 e. The van der Waals surface area contributed by atoms with Gasteiger partial charge in [-0.15, -0.1) is 0 Å². The van der Waals surface area contributed by atoms with Gasteiger partial charge in [0.25, 0.3) is 0 Å². The highest BCUT2D eigenvalue weighted by atomic mass is 16.5. The first-order chi connectivity index (χ1) is 7.18. The Hall–Kier alpha value is -1.02. The highest BCUT2D eigenvalue weighted by Crippen LogP contribution is 2.24. The smallest absolute Gasteiger partial charge is 0.120 e. The molecule has 1 aromatic rings. The van der Waals surface area contributed by atoms with Gasteiger partial charge in [-0.25, -0.2) is 0 Å². The van der Waals surface area contributed by atoms with E-state index in [2.05, 4.69) is 31.3 Å². The Morgan fingerprint density at radius 3 is 2.93 bits per heavy atom. The number of ether oxygens (including phenoxy) is 1. The second-order valence-electron chi connectivity index (χ2n) is 4.65. The molecule has 2 rings (SSSR count). The summed E-state index contributed by atoms with van der Waals surface area (Å²) in [7, 11) is 0. The van der Waals surface area contributed by atoms with Crippen LogP contribution in [0.15, 0.2) is 24.3 Å². The minimum atomic E-state index is -0.0357. The van der Waals surface area contributed by atoms with Gasteiger partial charge in [-0.3, -0.25) is 0 Å². The first kappa shape index (κ1) is 10.5. The molecular weight excluding hydrogens is 186 g/mol. The van der Waals surface area contributed by atoms with Gasteiger partial charge >= 0.3 is 0 Å². The second kappa shape index (κ2) is 4.23. The fourth-order valence-electron chi connectivity index (χ4n) is 2.08. The maximum atomic E-state index is 6.06. The van der Waals surface area contributed by atoms with Gasteiger partial charge in [-0.05, 0) is 50.9 Å². The van der Waals surface area contributed by atoms with Crippen LogP contribution in [0.25, 0.3) is 0 Å². The molecule has 2 nitrogen and oxygen atoms in total. The second-order valence-corrected chi connectivity index (χ2v) is 4.65. The Labute approximate surface area is 91.6 Å². The lowest BCUT2D eigenvalue weighted by Gasteiger charge is -2.34. The van der Waals surface area contributed by atoms with Crippen molar-refractivity contribution < 1.29 is 4.74 Å². The van der Waals surface area contributed by atoms with E-state index in [0.717, 1.165) is 25.3 Å². The number of hydrogen-bond acceptors (Lipinski definition) is 2. The Kier molecular flexibility index (Phi) is 2.96. The third-order valence-corrected chi connectivity index (χ3v) is 2.91. The zero-order valence-electron chi connectivity index (χ0n) is 9.55. The summed E-state index contributed by atoms with van der Waals surface area (Å²) in [6.45, 7) is 6.34. The quantitative estimate of drug-likeness (QED) is 0.801. The molecule has 82 valence electrons. The van der Waals surface area contributed by atoms with E-state index in [4.69, 9.17) is 4.74 Å². The normalized spacial score (nSPS) is 26.3. The van der Waals surface area contributed by atoms with E-state index in [1.165, 1.54) is 12.0 Å². The van der Waals surface area contributed by atoms with E-state index >= 15 is 0 Å². The van der Waals surface area contributed by atoms with Crippen LogP contribution >= 0.6 is 0 Å². The summed E-state index contributed by atoms with van der Waals surface area (Å²) < 4.78 is 6.06. The van der Waals surface area contributed by atoms with Gasteiger partial charge in [0.1, 0.15) is 11.4 Å². The van der Waals surface area contributed by atoms with Crippen molar-refractivity contribution in [3.63, 3.8) is 0 Å². The van der Waals surface area contributed by atoms with E-state index in [9.17, 15) is 0 Å². The molecule has 0 radical (unpaired) electrons. The van der Waals surface area contributed by atoms with Crippen molar-refractivity contribution >= 4 is 0 Å². The molecule has 15 heavy (non-hydrogen) atoms. The minimum absolute atomic E-state index is 0.0357. The molecule has 1 aromatic carbocycles. The van der Waals surface area contributed by atoms with Crippen LogP contribution in [0.5, 0.6) is 5.75 Å². The van der Waals surface area contributed by atoms with Gasteiger partial charge in [0.15, 0.2) is 0 Å². The van der Waals surface area contributed by atoms with Gasteiger partial charge in [-0.1, -0.05) is 12.1 Å². The Bertz CT molecular complexity index is 329. The van der Waals surface area contributed by atoms with Crippen LogP contribution < -0.4 is 10.1 Å². The van der Waals surface area contributed by atoms with Crippen LogP contribution in [-0.4, -0.2) is 18.7 Å². The average Bonchev–Trinajstić information content (AvgIpc) is 2.18. The summed E-state index contributed by atoms with van der Waals surface area (Å²) in [5.41, 5.74) is 1.21. The van der Waals surface area contributed by atoms with Crippen molar-refractivity contribution in [1.29, 1.82) is 0 Å². The van der Waals surface area contributed by atoms with E-state index in [1.807, 2.05) is 12.1 Å². The fourth-order valence-corrected chi connectivity index (χ4v) is 2.08. The van der Waals surface area contributed by atoms with Gasteiger partial charge in [0.05, 0.1) is 0 Å². The minimum Gasteiger partial charge on any atom is -0.486 e. The third-order valence-electron chi connectivity index (χ3n) is 2.91. The molecule has 2 heteroatoms. The molecule has 1 aliphatic heterocycles. The molecule has 0 spiro atoms. The molecule has 1 unspecified atom stereocenters. The van der Waals surface area contributed by atoms with Gasteiger partial charge < -0.3 is 10.1 Å². The van der Waals surface area contributed by atoms with Crippen molar-refractivity contribution in [2.24, 2.45) is 0 Å². The van der Waals surface area contributed by atoms with E-state index in [-0.39, 0.29) is 5.60 Å². The van der Waals surface area contributed by atoms with Crippen LogP contribution in [0.3, 0.4) is 0 Å². The fraction of sp³-hybridized carbons (Fsp3) is 0.538. The maximum absolute atomic E-state index is 6.06. The number of benzene rings is 1. The lowest BCUT2D eigenvalue weighted by Crippen LogP contribution is -2.47. The molecule has 1 heterocycles. The summed E-state index contributed by atoms with van der Waals surface area (Å²) in [6, 6.07) is 8.27. The largest absolute Gasteiger partial charge is 0.486 e. The predicted octanol–water partition coefficient (Wildman–Crippen LogP) is 2.52. The summed E-state index contributed by atoms with van der Waals surface area (Å²) >= 11 is 0. The van der Waals surface area contributed by atoms with Gasteiger partial charge in [-0.2, -0.15) is 0 Å². The van der Waals surface area contributed by atoms with Crippen molar-refractivity contribution in [2.75, 3.05) is 13.1 Å².